The summed E-state index contributed by atoms with van der Waals surface area (Å²) in [7, 11) is 0. The molecule has 0 aromatic heterocycles. The van der Waals surface area contributed by atoms with Gasteiger partial charge < -0.3 is 5.11 Å². The first-order valence-corrected chi connectivity index (χ1v) is 7.54. The van der Waals surface area contributed by atoms with Gasteiger partial charge in [-0.1, -0.05) is 34.9 Å². The Labute approximate surface area is 120 Å². The summed E-state index contributed by atoms with van der Waals surface area (Å²) in [6.45, 7) is 10.6. The van der Waals surface area contributed by atoms with Crippen molar-refractivity contribution in [3.63, 3.8) is 0 Å². The summed E-state index contributed by atoms with van der Waals surface area (Å²) >= 11 is 0. The zero-order valence-electron chi connectivity index (χ0n) is 13.5. The normalized spacial score (nSPS) is 14.4. The van der Waals surface area contributed by atoms with Gasteiger partial charge in [-0.15, -0.1) is 0 Å². The van der Waals surface area contributed by atoms with E-state index < -0.39 is 0 Å². The fourth-order valence-corrected chi connectivity index (χ4v) is 1.91. The van der Waals surface area contributed by atoms with Crippen LogP contribution in [0.25, 0.3) is 0 Å². The van der Waals surface area contributed by atoms with Gasteiger partial charge in [-0.05, 0) is 73.1 Å². The molecule has 0 aromatic rings. The molecule has 0 aliphatic carbocycles. The van der Waals surface area contributed by atoms with Gasteiger partial charge in [0.05, 0.1) is 6.10 Å². The van der Waals surface area contributed by atoms with Gasteiger partial charge in [0.2, 0.25) is 0 Å². The summed E-state index contributed by atoms with van der Waals surface area (Å²) in [5, 5.41) is 9.19. The maximum Gasteiger partial charge on any atom is 0.0515 e. The van der Waals surface area contributed by atoms with Crippen molar-refractivity contribution in [3.05, 3.63) is 34.9 Å². The average Bonchev–Trinajstić information content (AvgIpc) is 2.27. The summed E-state index contributed by atoms with van der Waals surface area (Å²) in [6.07, 6.45) is 13.2. The largest absolute Gasteiger partial charge is 0.393 e. The van der Waals surface area contributed by atoms with Gasteiger partial charge in [-0.2, -0.15) is 0 Å². The van der Waals surface area contributed by atoms with Crippen LogP contribution in [0.4, 0.5) is 0 Å². The van der Waals surface area contributed by atoms with Crippen LogP contribution in [0.2, 0.25) is 0 Å². The molecule has 0 rings (SSSR count). The molecule has 110 valence electrons. The van der Waals surface area contributed by atoms with Crippen molar-refractivity contribution in [2.75, 3.05) is 0 Å². The molecule has 0 aliphatic rings. The Morgan fingerprint density at radius 3 is 1.79 bits per heavy atom. The number of aliphatic hydroxyl groups excluding tert-OH is 1. The van der Waals surface area contributed by atoms with E-state index in [-0.39, 0.29) is 6.10 Å². The summed E-state index contributed by atoms with van der Waals surface area (Å²) in [5.74, 6) is 0. The monoisotopic (exact) mass is 264 g/mol. The second-order valence-electron chi connectivity index (χ2n) is 5.89. The summed E-state index contributed by atoms with van der Waals surface area (Å²) in [6, 6.07) is 0. The van der Waals surface area contributed by atoms with E-state index in [1.807, 2.05) is 6.92 Å². The molecule has 1 nitrogen and oxygen atoms in total. The predicted octanol–water partition coefficient (Wildman–Crippen LogP) is 5.57. The van der Waals surface area contributed by atoms with E-state index in [9.17, 15) is 5.11 Å². The van der Waals surface area contributed by atoms with Crippen LogP contribution in [-0.2, 0) is 0 Å². The fraction of sp³-hybridized carbons (Fsp3) is 0.667. The van der Waals surface area contributed by atoms with Crippen molar-refractivity contribution < 1.29 is 5.11 Å². The molecule has 19 heavy (non-hydrogen) atoms. The van der Waals surface area contributed by atoms with Crippen molar-refractivity contribution in [2.24, 2.45) is 0 Å². The van der Waals surface area contributed by atoms with Crippen LogP contribution in [0.3, 0.4) is 0 Å². The van der Waals surface area contributed by atoms with Crippen molar-refractivity contribution in [3.8, 4) is 0 Å². The van der Waals surface area contributed by atoms with E-state index >= 15 is 0 Å². The quantitative estimate of drug-likeness (QED) is 0.540. The lowest BCUT2D eigenvalue weighted by Crippen LogP contribution is -1.97. The Hall–Kier alpha value is -0.820. The number of allylic oxidation sites excluding steroid dienone is 6. The second kappa shape index (κ2) is 11.0. The highest BCUT2D eigenvalue weighted by molar-refractivity contribution is 5.05. The van der Waals surface area contributed by atoms with Gasteiger partial charge in [0.15, 0.2) is 0 Å². The highest BCUT2D eigenvalue weighted by Crippen LogP contribution is 2.12. The van der Waals surface area contributed by atoms with Crippen molar-refractivity contribution in [1.29, 1.82) is 0 Å². The maximum absolute atomic E-state index is 9.19. The minimum absolute atomic E-state index is 0.179. The Balaban J connectivity index is 3.83. The van der Waals surface area contributed by atoms with E-state index in [0.717, 1.165) is 32.1 Å². The number of aliphatic hydroxyl groups is 1. The molecule has 0 unspecified atom stereocenters. The van der Waals surface area contributed by atoms with Crippen LogP contribution in [0, 0.1) is 0 Å². The Morgan fingerprint density at radius 1 is 0.842 bits per heavy atom. The van der Waals surface area contributed by atoms with E-state index in [1.165, 1.54) is 23.1 Å². The van der Waals surface area contributed by atoms with Crippen molar-refractivity contribution in [2.45, 2.75) is 79.2 Å². The molecule has 0 bridgehead atoms. The predicted molar refractivity (Wildman–Crippen MR) is 86.3 cm³/mol. The van der Waals surface area contributed by atoms with Gasteiger partial charge in [-0.25, -0.2) is 0 Å². The van der Waals surface area contributed by atoms with E-state index in [1.54, 1.807) is 0 Å². The lowest BCUT2D eigenvalue weighted by atomic mass is 10.1. The third kappa shape index (κ3) is 13.4. The topological polar surface area (TPSA) is 20.2 Å². The second-order valence-corrected chi connectivity index (χ2v) is 5.89. The van der Waals surface area contributed by atoms with Crippen LogP contribution in [0.1, 0.15) is 73.1 Å². The molecule has 0 amide bonds. The van der Waals surface area contributed by atoms with Crippen LogP contribution < -0.4 is 0 Å². The van der Waals surface area contributed by atoms with Crippen molar-refractivity contribution >= 4 is 0 Å². The highest BCUT2D eigenvalue weighted by atomic mass is 16.3. The molecule has 1 atom stereocenters. The van der Waals surface area contributed by atoms with Gasteiger partial charge in [0.1, 0.15) is 0 Å². The molecule has 0 aromatic carbocycles. The number of hydrogen-bond acceptors (Lipinski definition) is 1. The number of hydrogen-bond donors (Lipinski definition) is 1. The van der Waals surface area contributed by atoms with Crippen LogP contribution in [0.15, 0.2) is 34.9 Å². The first kappa shape index (κ1) is 18.2. The lowest BCUT2D eigenvalue weighted by Gasteiger charge is -2.03. The van der Waals surface area contributed by atoms with Crippen molar-refractivity contribution in [1.82, 2.24) is 0 Å². The molecule has 0 aliphatic heterocycles. The molecule has 0 spiro atoms. The minimum Gasteiger partial charge on any atom is -0.393 e. The minimum atomic E-state index is -0.179. The molecular weight excluding hydrogens is 232 g/mol. The zero-order chi connectivity index (χ0) is 14.7. The molecular formula is C18H32O. The third-order valence-corrected chi connectivity index (χ3v) is 3.20. The fourth-order valence-electron chi connectivity index (χ4n) is 1.91. The Kier molecular flexibility index (Phi) is 10.6. The maximum atomic E-state index is 9.19. The van der Waals surface area contributed by atoms with Crippen LogP contribution >= 0.6 is 0 Å². The molecule has 0 heterocycles. The van der Waals surface area contributed by atoms with E-state index in [2.05, 4.69) is 45.9 Å². The summed E-state index contributed by atoms with van der Waals surface area (Å²) in [5.41, 5.74) is 4.34. The lowest BCUT2D eigenvalue weighted by molar-refractivity contribution is 0.186. The highest BCUT2D eigenvalue weighted by Gasteiger charge is 1.94. The first-order valence-electron chi connectivity index (χ1n) is 7.54. The summed E-state index contributed by atoms with van der Waals surface area (Å²) < 4.78 is 0. The standard InChI is InChI=1S/C18H32O/c1-15(2)9-6-10-16(3)11-7-12-17(4)13-8-14-18(5)19/h9,11,13,18-19H,6-8,10,12,14H2,1-5H3/b16-11-,17-13+/t18-/m0/s1. The van der Waals surface area contributed by atoms with Crippen LogP contribution in [-0.4, -0.2) is 11.2 Å². The third-order valence-electron chi connectivity index (χ3n) is 3.20. The summed E-state index contributed by atoms with van der Waals surface area (Å²) in [4.78, 5) is 0. The molecule has 0 fully saturated rings. The average molecular weight is 264 g/mol. The first-order chi connectivity index (χ1) is 8.91. The number of rotatable bonds is 9. The molecule has 1 N–H and O–H groups in total. The Bertz CT molecular complexity index is 315. The Morgan fingerprint density at radius 2 is 1.32 bits per heavy atom. The molecule has 0 saturated heterocycles. The molecule has 0 saturated carbocycles. The van der Waals surface area contributed by atoms with E-state index in [4.69, 9.17) is 0 Å². The van der Waals surface area contributed by atoms with Gasteiger partial charge in [0.25, 0.3) is 0 Å². The molecule has 0 radical (unpaired) electrons. The zero-order valence-corrected chi connectivity index (χ0v) is 13.5. The van der Waals surface area contributed by atoms with Gasteiger partial charge in [-0.3, -0.25) is 0 Å². The van der Waals surface area contributed by atoms with E-state index in [0.29, 0.717) is 0 Å². The smallest absolute Gasteiger partial charge is 0.0515 e. The van der Waals surface area contributed by atoms with Crippen LogP contribution in [0.5, 0.6) is 0 Å². The SMILES string of the molecule is CC(C)=CCC/C(C)=C\CC/C(C)=C/CC[C@H](C)O. The van der Waals surface area contributed by atoms with Gasteiger partial charge >= 0.3 is 0 Å². The van der Waals surface area contributed by atoms with Gasteiger partial charge in [0, 0.05) is 0 Å². The molecule has 1 heteroatoms.